The largest absolute Gasteiger partial charge is 0.443 e. The summed E-state index contributed by atoms with van der Waals surface area (Å²) in [6, 6.07) is 14.8. The molecule has 2 aromatic carbocycles. The summed E-state index contributed by atoms with van der Waals surface area (Å²) in [6.07, 6.45) is 3.15. The number of fused-ring (bicyclic) bond motifs is 1. The van der Waals surface area contributed by atoms with Crippen molar-refractivity contribution in [1.29, 1.82) is 0 Å². The lowest BCUT2D eigenvalue weighted by Gasteiger charge is -2.26. The summed E-state index contributed by atoms with van der Waals surface area (Å²) in [5, 5.41) is 0.478. The number of amides is 1. The van der Waals surface area contributed by atoms with Gasteiger partial charge < -0.3 is 4.74 Å². The molecule has 12 heteroatoms. The Hall–Kier alpha value is -3.77. The molecule has 9 nitrogen and oxygen atoms in total. The molecule has 1 amide bonds. The van der Waals surface area contributed by atoms with Gasteiger partial charge in [-0.05, 0) is 63.2 Å². The number of nitrogens with zero attached hydrogens (tertiary/aromatic N) is 3. The highest BCUT2D eigenvalue weighted by Crippen LogP contribution is 2.34. The summed E-state index contributed by atoms with van der Waals surface area (Å²) in [5.74, 6) is -0.737. The average molecular weight is 574 g/mol. The first-order valence-electron chi connectivity index (χ1n) is 11.9. The van der Waals surface area contributed by atoms with Gasteiger partial charge in [-0.3, -0.25) is 4.90 Å². The summed E-state index contributed by atoms with van der Waals surface area (Å²) in [6.45, 7) is 4.91. The monoisotopic (exact) mass is 573 g/mol. The average Bonchev–Trinajstić information content (AvgIpc) is 3.23. The van der Waals surface area contributed by atoms with E-state index in [1.165, 1.54) is 42.7 Å². The standard InChI is InChI=1S/C27H28FN3O6S2/c1-27(2,3)37-26(32)30(14-15-38(4,33)34)25-13-10-19(17-29-25)23-18-31(24-16-20(28)11-12-22(23)24)39(35,36)21-8-6-5-7-9-21/h5-13,16-18H,14-15H2,1-4H3. The lowest BCUT2D eigenvalue weighted by atomic mass is 10.1. The third-order valence-electron chi connectivity index (χ3n) is 5.67. The number of hydrogen-bond donors (Lipinski definition) is 0. The Balaban J connectivity index is 1.77. The van der Waals surface area contributed by atoms with Crippen molar-refractivity contribution in [2.45, 2.75) is 31.3 Å². The second kappa shape index (κ2) is 10.4. The zero-order valence-corrected chi connectivity index (χ0v) is 23.5. The van der Waals surface area contributed by atoms with Gasteiger partial charge in [0.25, 0.3) is 10.0 Å². The van der Waals surface area contributed by atoms with E-state index in [-0.39, 0.29) is 28.5 Å². The Bertz CT molecular complexity index is 1730. The van der Waals surface area contributed by atoms with Gasteiger partial charge in [0.15, 0.2) is 0 Å². The Morgan fingerprint density at radius 2 is 1.72 bits per heavy atom. The van der Waals surface area contributed by atoms with Crippen molar-refractivity contribution < 1.29 is 30.8 Å². The van der Waals surface area contributed by atoms with Crippen molar-refractivity contribution in [2.75, 3.05) is 23.5 Å². The molecule has 4 aromatic rings. The van der Waals surface area contributed by atoms with Crippen LogP contribution in [0.15, 0.2) is 78.0 Å². The second-order valence-electron chi connectivity index (χ2n) is 9.99. The first-order chi connectivity index (χ1) is 18.2. The fourth-order valence-electron chi connectivity index (χ4n) is 3.88. The van der Waals surface area contributed by atoms with Gasteiger partial charge in [-0.2, -0.15) is 0 Å². The fourth-order valence-corrected chi connectivity index (χ4v) is 5.78. The van der Waals surface area contributed by atoms with Gasteiger partial charge in [0.1, 0.15) is 27.1 Å². The van der Waals surface area contributed by atoms with E-state index in [1.807, 2.05) is 0 Å². The van der Waals surface area contributed by atoms with Crippen molar-refractivity contribution in [3.8, 4) is 11.1 Å². The molecule has 2 aromatic heterocycles. The second-order valence-corrected chi connectivity index (χ2v) is 14.1. The predicted octanol–water partition coefficient (Wildman–Crippen LogP) is 4.87. The van der Waals surface area contributed by atoms with Gasteiger partial charge in [0.05, 0.1) is 16.2 Å². The van der Waals surface area contributed by atoms with Crippen LogP contribution in [0, 0.1) is 5.82 Å². The number of benzene rings is 2. The topological polar surface area (TPSA) is 116 Å². The molecule has 0 aliphatic rings. The van der Waals surface area contributed by atoms with Gasteiger partial charge in [-0.15, -0.1) is 0 Å². The third kappa shape index (κ3) is 6.45. The van der Waals surface area contributed by atoms with Gasteiger partial charge in [-0.25, -0.2) is 35.0 Å². The highest BCUT2D eigenvalue weighted by atomic mass is 32.2. The number of aromatic nitrogens is 2. The first kappa shape index (κ1) is 28.2. The Morgan fingerprint density at radius 3 is 2.31 bits per heavy atom. The lowest BCUT2D eigenvalue weighted by Crippen LogP contribution is -2.39. The van der Waals surface area contributed by atoms with Gasteiger partial charge in [0.2, 0.25) is 0 Å². The maximum atomic E-state index is 14.2. The SMILES string of the molecule is CC(C)(C)OC(=O)N(CCS(C)(=O)=O)c1ccc(-c2cn(S(=O)(=O)c3ccccc3)c3cc(F)ccc23)cn1. The molecule has 0 unspecified atom stereocenters. The summed E-state index contributed by atoms with van der Waals surface area (Å²) >= 11 is 0. The summed E-state index contributed by atoms with van der Waals surface area (Å²) in [7, 11) is -7.42. The Morgan fingerprint density at radius 1 is 1.03 bits per heavy atom. The summed E-state index contributed by atoms with van der Waals surface area (Å²) in [5.41, 5.74) is 0.316. The number of anilines is 1. The van der Waals surface area contributed by atoms with E-state index < -0.39 is 37.4 Å². The van der Waals surface area contributed by atoms with Crippen LogP contribution in [0.1, 0.15) is 20.8 Å². The van der Waals surface area contributed by atoms with Crippen LogP contribution < -0.4 is 4.90 Å². The predicted molar refractivity (Wildman–Crippen MR) is 147 cm³/mol. The molecule has 0 saturated heterocycles. The van der Waals surface area contributed by atoms with Crippen LogP contribution in [0.2, 0.25) is 0 Å². The zero-order valence-electron chi connectivity index (χ0n) is 21.8. The number of ether oxygens (including phenoxy) is 1. The Kier molecular flexibility index (Phi) is 7.55. The van der Waals surface area contributed by atoms with Crippen molar-refractivity contribution in [2.24, 2.45) is 0 Å². The molecule has 4 rings (SSSR count). The highest BCUT2D eigenvalue weighted by molar-refractivity contribution is 7.90. The fraction of sp³-hybridized carbons (Fsp3) is 0.259. The maximum absolute atomic E-state index is 14.2. The van der Waals surface area contributed by atoms with E-state index in [9.17, 15) is 26.0 Å². The molecular formula is C27H28FN3O6S2. The molecule has 0 fully saturated rings. The van der Waals surface area contributed by atoms with Crippen molar-refractivity contribution >= 4 is 42.7 Å². The molecule has 0 aliphatic carbocycles. The van der Waals surface area contributed by atoms with E-state index in [2.05, 4.69) is 4.98 Å². The van der Waals surface area contributed by atoms with E-state index >= 15 is 0 Å². The number of pyridine rings is 1. The number of halogens is 1. The molecule has 0 atom stereocenters. The Labute approximate surface area is 226 Å². The number of carbonyl (C=O) groups excluding carboxylic acids is 1. The van der Waals surface area contributed by atoms with E-state index in [0.717, 1.165) is 21.2 Å². The van der Waals surface area contributed by atoms with Gasteiger partial charge in [-0.1, -0.05) is 18.2 Å². The molecule has 0 aliphatic heterocycles. The van der Waals surface area contributed by atoms with E-state index in [0.29, 0.717) is 16.5 Å². The minimum absolute atomic E-state index is 0.0464. The van der Waals surface area contributed by atoms with Crippen LogP contribution >= 0.6 is 0 Å². The minimum atomic E-state index is -4.04. The molecule has 2 heterocycles. The van der Waals surface area contributed by atoms with Crippen LogP contribution in [0.4, 0.5) is 15.0 Å². The van der Waals surface area contributed by atoms with E-state index in [4.69, 9.17) is 4.74 Å². The molecule has 206 valence electrons. The minimum Gasteiger partial charge on any atom is -0.443 e. The first-order valence-corrected chi connectivity index (χ1v) is 15.4. The van der Waals surface area contributed by atoms with Crippen LogP contribution in [0.25, 0.3) is 22.0 Å². The lowest BCUT2D eigenvalue weighted by molar-refractivity contribution is 0.0581. The van der Waals surface area contributed by atoms with Crippen molar-refractivity contribution in [1.82, 2.24) is 8.96 Å². The quantitative estimate of drug-likeness (QED) is 0.310. The third-order valence-corrected chi connectivity index (χ3v) is 8.28. The number of sulfone groups is 1. The molecular weight excluding hydrogens is 545 g/mol. The summed E-state index contributed by atoms with van der Waals surface area (Å²) in [4.78, 5) is 18.4. The smallest absolute Gasteiger partial charge is 0.416 e. The van der Waals surface area contributed by atoms with Crippen LogP contribution in [-0.2, 0) is 24.6 Å². The number of hydrogen-bond acceptors (Lipinski definition) is 7. The molecule has 0 spiro atoms. The van der Waals surface area contributed by atoms with Crippen LogP contribution in [-0.4, -0.2) is 56.0 Å². The number of carbonyl (C=O) groups is 1. The molecule has 0 N–H and O–H groups in total. The molecule has 0 bridgehead atoms. The van der Waals surface area contributed by atoms with Crippen LogP contribution in [0.5, 0.6) is 0 Å². The zero-order chi connectivity index (χ0) is 28.6. The molecule has 0 radical (unpaired) electrons. The van der Waals surface area contributed by atoms with Crippen molar-refractivity contribution in [3.05, 3.63) is 78.9 Å². The maximum Gasteiger partial charge on any atom is 0.416 e. The van der Waals surface area contributed by atoms with Gasteiger partial charge in [0, 0.05) is 41.7 Å². The normalized spacial score (nSPS) is 12.4. The molecule has 0 saturated carbocycles. The van der Waals surface area contributed by atoms with Gasteiger partial charge >= 0.3 is 6.09 Å². The van der Waals surface area contributed by atoms with Crippen molar-refractivity contribution in [3.63, 3.8) is 0 Å². The molecule has 39 heavy (non-hydrogen) atoms. The number of rotatable bonds is 7. The highest BCUT2D eigenvalue weighted by Gasteiger charge is 2.26. The van der Waals surface area contributed by atoms with E-state index in [1.54, 1.807) is 45.0 Å². The van der Waals surface area contributed by atoms with Crippen LogP contribution in [0.3, 0.4) is 0 Å². The summed E-state index contributed by atoms with van der Waals surface area (Å²) < 4.78 is 71.0.